The normalized spacial score (nSPS) is 12.2. The maximum Gasteiger partial charge on any atom is 0.173 e. The molecule has 0 fully saturated rings. The van der Waals surface area contributed by atoms with Gasteiger partial charge in [-0.25, -0.2) is 0 Å². The van der Waals surface area contributed by atoms with Gasteiger partial charge in [0.15, 0.2) is 5.78 Å². The maximum atomic E-state index is 11.6. The summed E-state index contributed by atoms with van der Waals surface area (Å²) < 4.78 is 0. The van der Waals surface area contributed by atoms with Crippen LogP contribution in [0.1, 0.15) is 24.2 Å². The summed E-state index contributed by atoms with van der Waals surface area (Å²) in [5.41, 5.74) is 0.602. The van der Waals surface area contributed by atoms with Crippen molar-refractivity contribution in [2.24, 2.45) is 5.92 Å². The Labute approximate surface area is 77.6 Å². The molecule has 0 aromatic heterocycles. The van der Waals surface area contributed by atoms with E-state index in [0.717, 1.165) is 0 Å². The third-order valence-corrected chi connectivity index (χ3v) is 2.06. The molecule has 68 valence electrons. The number of hydrogen-bond acceptors (Lipinski definition) is 2. The molecule has 1 rings (SSSR count). The average molecular weight is 176 g/mol. The van der Waals surface area contributed by atoms with Crippen LogP contribution in [0.25, 0.3) is 0 Å². The number of rotatable bonds is 3. The average Bonchev–Trinajstić information content (AvgIpc) is 2.17. The topological polar surface area (TPSA) is 34.1 Å². The molecule has 0 unspecified atom stereocenters. The van der Waals surface area contributed by atoms with Crippen molar-refractivity contribution in [2.75, 3.05) is 0 Å². The van der Waals surface area contributed by atoms with Gasteiger partial charge in [0, 0.05) is 5.56 Å². The Kier molecular flexibility index (Phi) is 2.96. The molecule has 2 heteroatoms. The first-order valence-corrected chi connectivity index (χ1v) is 4.22. The molecule has 1 atom stereocenters. The zero-order valence-electron chi connectivity index (χ0n) is 7.78. The van der Waals surface area contributed by atoms with Crippen LogP contribution in [0.15, 0.2) is 30.3 Å². The lowest BCUT2D eigenvalue weighted by atomic mass is 9.96. The van der Waals surface area contributed by atoms with Gasteiger partial charge in [-0.05, 0) is 13.8 Å². The SMILES string of the molecule is CC(=O)[C@H](C)C(=O)c1ccccc1. The number of benzene rings is 1. The van der Waals surface area contributed by atoms with Gasteiger partial charge in [-0.1, -0.05) is 30.3 Å². The first-order valence-electron chi connectivity index (χ1n) is 4.22. The van der Waals surface area contributed by atoms with Crippen LogP contribution in [-0.2, 0) is 4.79 Å². The van der Waals surface area contributed by atoms with Crippen LogP contribution < -0.4 is 0 Å². The number of carbonyl (C=O) groups excluding carboxylic acids is 2. The largest absolute Gasteiger partial charge is 0.299 e. The molecular formula is C11H12O2. The van der Waals surface area contributed by atoms with Gasteiger partial charge in [0.1, 0.15) is 5.78 Å². The Morgan fingerprint density at radius 2 is 1.69 bits per heavy atom. The second-order valence-corrected chi connectivity index (χ2v) is 3.06. The molecular weight excluding hydrogens is 164 g/mol. The lowest BCUT2D eigenvalue weighted by molar-refractivity contribution is -0.118. The zero-order chi connectivity index (χ0) is 9.84. The summed E-state index contributed by atoms with van der Waals surface area (Å²) in [7, 11) is 0. The van der Waals surface area contributed by atoms with E-state index in [2.05, 4.69) is 0 Å². The van der Waals surface area contributed by atoms with Gasteiger partial charge in [-0.3, -0.25) is 9.59 Å². The van der Waals surface area contributed by atoms with Crippen LogP contribution in [0.4, 0.5) is 0 Å². The van der Waals surface area contributed by atoms with Gasteiger partial charge >= 0.3 is 0 Å². The second kappa shape index (κ2) is 3.99. The Hall–Kier alpha value is -1.44. The van der Waals surface area contributed by atoms with E-state index in [0.29, 0.717) is 5.56 Å². The minimum atomic E-state index is -0.526. The third-order valence-electron chi connectivity index (χ3n) is 2.06. The van der Waals surface area contributed by atoms with Crippen molar-refractivity contribution in [2.45, 2.75) is 13.8 Å². The fourth-order valence-electron chi connectivity index (χ4n) is 1.04. The Morgan fingerprint density at radius 1 is 1.15 bits per heavy atom. The molecule has 0 saturated carbocycles. The molecule has 0 saturated heterocycles. The molecule has 0 heterocycles. The van der Waals surface area contributed by atoms with Crippen molar-refractivity contribution in [3.63, 3.8) is 0 Å². The van der Waals surface area contributed by atoms with Crippen molar-refractivity contribution < 1.29 is 9.59 Å². The molecule has 0 radical (unpaired) electrons. The van der Waals surface area contributed by atoms with E-state index < -0.39 is 5.92 Å². The van der Waals surface area contributed by atoms with Crippen LogP contribution in [0.3, 0.4) is 0 Å². The summed E-state index contributed by atoms with van der Waals surface area (Å²) in [4.78, 5) is 22.5. The fraction of sp³-hybridized carbons (Fsp3) is 0.273. The molecule has 0 aliphatic carbocycles. The monoisotopic (exact) mass is 176 g/mol. The minimum absolute atomic E-state index is 0.0890. The van der Waals surface area contributed by atoms with Crippen molar-refractivity contribution in [1.29, 1.82) is 0 Å². The van der Waals surface area contributed by atoms with Crippen LogP contribution >= 0.6 is 0 Å². The lowest BCUT2D eigenvalue weighted by Crippen LogP contribution is -2.18. The summed E-state index contributed by atoms with van der Waals surface area (Å²) in [5.74, 6) is -0.718. The van der Waals surface area contributed by atoms with Crippen LogP contribution in [-0.4, -0.2) is 11.6 Å². The highest BCUT2D eigenvalue weighted by Crippen LogP contribution is 2.08. The van der Waals surface area contributed by atoms with E-state index in [1.807, 2.05) is 6.07 Å². The number of carbonyl (C=O) groups is 2. The molecule has 1 aromatic rings. The molecule has 0 amide bonds. The van der Waals surface area contributed by atoms with Crippen molar-refractivity contribution in [1.82, 2.24) is 0 Å². The molecule has 0 bridgehead atoms. The highest BCUT2D eigenvalue weighted by atomic mass is 16.1. The standard InChI is InChI=1S/C11H12O2/c1-8(9(2)12)11(13)10-6-4-3-5-7-10/h3-8H,1-2H3/t8-/m0/s1. The Bertz CT molecular complexity index is 314. The molecule has 2 nitrogen and oxygen atoms in total. The molecule has 0 aliphatic rings. The summed E-state index contributed by atoms with van der Waals surface area (Å²) in [6, 6.07) is 8.87. The first-order chi connectivity index (χ1) is 6.13. The van der Waals surface area contributed by atoms with E-state index in [4.69, 9.17) is 0 Å². The first kappa shape index (κ1) is 9.65. The summed E-state index contributed by atoms with van der Waals surface area (Å²) >= 11 is 0. The highest BCUT2D eigenvalue weighted by Gasteiger charge is 2.18. The predicted molar refractivity (Wildman–Crippen MR) is 50.6 cm³/mol. The predicted octanol–water partition coefficient (Wildman–Crippen LogP) is 2.09. The van der Waals surface area contributed by atoms with Gasteiger partial charge in [0.2, 0.25) is 0 Å². The zero-order valence-corrected chi connectivity index (χ0v) is 7.78. The molecule has 1 aromatic carbocycles. The van der Waals surface area contributed by atoms with Gasteiger partial charge in [-0.2, -0.15) is 0 Å². The third kappa shape index (κ3) is 2.25. The molecule has 0 aliphatic heterocycles. The molecule has 13 heavy (non-hydrogen) atoms. The van der Waals surface area contributed by atoms with Crippen molar-refractivity contribution in [3.05, 3.63) is 35.9 Å². The Balaban J connectivity index is 2.86. The summed E-state index contributed by atoms with van der Waals surface area (Å²) in [6.07, 6.45) is 0. The van der Waals surface area contributed by atoms with E-state index in [1.165, 1.54) is 6.92 Å². The summed E-state index contributed by atoms with van der Waals surface area (Å²) in [5, 5.41) is 0. The van der Waals surface area contributed by atoms with Crippen LogP contribution in [0, 0.1) is 5.92 Å². The van der Waals surface area contributed by atoms with Crippen molar-refractivity contribution >= 4 is 11.6 Å². The van der Waals surface area contributed by atoms with Crippen molar-refractivity contribution in [3.8, 4) is 0 Å². The number of ketones is 2. The quantitative estimate of drug-likeness (QED) is 0.522. The van der Waals surface area contributed by atoms with E-state index in [9.17, 15) is 9.59 Å². The number of hydrogen-bond donors (Lipinski definition) is 0. The summed E-state index contributed by atoms with van der Waals surface area (Å²) in [6.45, 7) is 3.07. The number of Topliss-reactive ketones (excluding diaryl/α,β-unsaturated/α-hetero) is 2. The fourth-order valence-corrected chi connectivity index (χ4v) is 1.04. The van der Waals surface area contributed by atoms with Gasteiger partial charge in [-0.15, -0.1) is 0 Å². The maximum absolute atomic E-state index is 11.6. The smallest absolute Gasteiger partial charge is 0.173 e. The second-order valence-electron chi connectivity index (χ2n) is 3.06. The van der Waals surface area contributed by atoms with Gasteiger partial charge in [0.25, 0.3) is 0 Å². The molecule has 0 spiro atoms. The molecule has 0 N–H and O–H groups in total. The Morgan fingerprint density at radius 3 is 2.15 bits per heavy atom. The van der Waals surface area contributed by atoms with Gasteiger partial charge < -0.3 is 0 Å². The van der Waals surface area contributed by atoms with Gasteiger partial charge in [0.05, 0.1) is 5.92 Å². The highest BCUT2D eigenvalue weighted by molar-refractivity contribution is 6.09. The van der Waals surface area contributed by atoms with E-state index in [-0.39, 0.29) is 11.6 Å². The van der Waals surface area contributed by atoms with Crippen LogP contribution in [0.2, 0.25) is 0 Å². The van der Waals surface area contributed by atoms with Crippen LogP contribution in [0.5, 0.6) is 0 Å². The van der Waals surface area contributed by atoms with E-state index in [1.54, 1.807) is 31.2 Å². The lowest BCUT2D eigenvalue weighted by Gasteiger charge is -2.05. The minimum Gasteiger partial charge on any atom is -0.299 e. The van der Waals surface area contributed by atoms with E-state index >= 15 is 0 Å².